The van der Waals surface area contributed by atoms with Crippen LogP contribution in [-0.2, 0) is 0 Å². The van der Waals surface area contributed by atoms with Gasteiger partial charge in [0.05, 0.1) is 0 Å². The van der Waals surface area contributed by atoms with Crippen molar-refractivity contribution >= 4 is 0 Å². The lowest BCUT2D eigenvalue weighted by atomic mass is 9.89. The van der Waals surface area contributed by atoms with Gasteiger partial charge in [-0.25, -0.2) is 0 Å². The topological polar surface area (TPSA) is 0 Å². The summed E-state index contributed by atoms with van der Waals surface area (Å²) in [6, 6.07) is 0. The minimum atomic E-state index is 0.722. The molecule has 0 heterocycles. The van der Waals surface area contributed by atoms with Gasteiger partial charge in [0, 0.05) is 0 Å². The van der Waals surface area contributed by atoms with Crippen molar-refractivity contribution in [1.82, 2.24) is 0 Å². The van der Waals surface area contributed by atoms with Gasteiger partial charge >= 0.3 is 0 Å². The lowest BCUT2D eigenvalue weighted by Gasteiger charge is -2.16. The average molecular weight is 140 g/mol. The standard InChI is InChI=1S/C10H20/c1-6-9(5)10(7-2)8(3)4/h7-9H,6H2,1-5H3. The Bertz CT molecular complexity index is 109. The molecule has 1 atom stereocenters. The molecule has 0 radical (unpaired) electrons. The monoisotopic (exact) mass is 140 g/mol. The van der Waals surface area contributed by atoms with Gasteiger partial charge in [-0.3, -0.25) is 0 Å². The van der Waals surface area contributed by atoms with Crippen LogP contribution in [0.3, 0.4) is 0 Å². The summed E-state index contributed by atoms with van der Waals surface area (Å²) in [6.45, 7) is 11.2. The van der Waals surface area contributed by atoms with Gasteiger partial charge in [-0.2, -0.15) is 0 Å². The third kappa shape index (κ3) is 2.55. The Labute approximate surface area is 65.3 Å². The Hall–Kier alpha value is -0.260. The number of allylic oxidation sites excluding steroid dienone is 2. The van der Waals surface area contributed by atoms with E-state index < -0.39 is 0 Å². The molecule has 0 aromatic rings. The van der Waals surface area contributed by atoms with Gasteiger partial charge in [0.2, 0.25) is 0 Å². The first kappa shape index (κ1) is 9.74. The van der Waals surface area contributed by atoms with Crippen molar-refractivity contribution in [2.75, 3.05) is 0 Å². The molecule has 0 fully saturated rings. The molecule has 0 rings (SSSR count). The SMILES string of the molecule is CC=C(C(C)C)C(C)CC. The predicted octanol–water partition coefficient (Wildman–Crippen LogP) is 3.63. The van der Waals surface area contributed by atoms with E-state index in [1.165, 1.54) is 6.42 Å². The van der Waals surface area contributed by atoms with E-state index in [4.69, 9.17) is 0 Å². The molecule has 0 aromatic carbocycles. The molecule has 60 valence electrons. The van der Waals surface area contributed by atoms with E-state index in [2.05, 4.69) is 40.7 Å². The Morgan fingerprint density at radius 1 is 1.30 bits per heavy atom. The quantitative estimate of drug-likeness (QED) is 0.525. The lowest BCUT2D eigenvalue weighted by molar-refractivity contribution is 0.567. The van der Waals surface area contributed by atoms with Crippen LogP contribution in [0.5, 0.6) is 0 Å². The molecule has 0 bridgehead atoms. The van der Waals surface area contributed by atoms with E-state index >= 15 is 0 Å². The molecule has 0 nitrogen and oxygen atoms in total. The molecular weight excluding hydrogens is 120 g/mol. The first-order valence-electron chi connectivity index (χ1n) is 4.29. The summed E-state index contributed by atoms with van der Waals surface area (Å²) >= 11 is 0. The van der Waals surface area contributed by atoms with Crippen molar-refractivity contribution in [3.05, 3.63) is 11.6 Å². The second-order valence-corrected chi connectivity index (χ2v) is 3.25. The highest BCUT2D eigenvalue weighted by Gasteiger charge is 2.08. The first-order valence-corrected chi connectivity index (χ1v) is 4.29. The summed E-state index contributed by atoms with van der Waals surface area (Å²) in [5, 5.41) is 0. The van der Waals surface area contributed by atoms with E-state index in [-0.39, 0.29) is 0 Å². The number of rotatable bonds is 3. The Morgan fingerprint density at radius 2 is 1.80 bits per heavy atom. The van der Waals surface area contributed by atoms with Gasteiger partial charge in [0.1, 0.15) is 0 Å². The molecule has 0 aliphatic heterocycles. The van der Waals surface area contributed by atoms with Crippen LogP contribution in [-0.4, -0.2) is 0 Å². The van der Waals surface area contributed by atoms with Crippen LogP contribution < -0.4 is 0 Å². The fourth-order valence-electron chi connectivity index (χ4n) is 1.42. The summed E-state index contributed by atoms with van der Waals surface area (Å²) in [5.74, 6) is 1.49. The summed E-state index contributed by atoms with van der Waals surface area (Å²) < 4.78 is 0. The van der Waals surface area contributed by atoms with Gasteiger partial charge in [-0.15, -0.1) is 0 Å². The van der Waals surface area contributed by atoms with E-state index in [9.17, 15) is 0 Å². The summed E-state index contributed by atoms with van der Waals surface area (Å²) in [7, 11) is 0. The van der Waals surface area contributed by atoms with Gasteiger partial charge < -0.3 is 0 Å². The average Bonchev–Trinajstić information content (AvgIpc) is 1.88. The molecule has 0 N–H and O–H groups in total. The third-order valence-corrected chi connectivity index (χ3v) is 2.18. The zero-order valence-electron chi connectivity index (χ0n) is 7.94. The van der Waals surface area contributed by atoms with Crippen molar-refractivity contribution in [2.45, 2.75) is 41.0 Å². The molecule has 0 saturated carbocycles. The van der Waals surface area contributed by atoms with Crippen LogP contribution in [0.25, 0.3) is 0 Å². The van der Waals surface area contributed by atoms with E-state index in [0.29, 0.717) is 0 Å². The van der Waals surface area contributed by atoms with Gasteiger partial charge in [-0.1, -0.05) is 39.3 Å². The Kier molecular flexibility index (Phi) is 4.42. The van der Waals surface area contributed by atoms with Crippen molar-refractivity contribution in [2.24, 2.45) is 11.8 Å². The maximum atomic E-state index is 2.30. The highest BCUT2D eigenvalue weighted by Crippen LogP contribution is 2.21. The fourth-order valence-corrected chi connectivity index (χ4v) is 1.42. The van der Waals surface area contributed by atoms with Crippen molar-refractivity contribution in [3.63, 3.8) is 0 Å². The maximum absolute atomic E-state index is 2.30. The van der Waals surface area contributed by atoms with Crippen LogP contribution in [0.2, 0.25) is 0 Å². The fraction of sp³-hybridized carbons (Fsp3) is 0.800. The van der Waals surface area contributed by atoms with Crippen molar-refractivity contribution in [1.29, 1.82) is 0 Å². The van der Waals surface area contributed by atoms with E-state index in [1.54, 1.807) is 5.57 Å². The summed E-state index contributed by atoms with van der Waals surface area (Å²) in [6.07, 6.45) is 3.52. The maximum Gasteiger partial charge on any atom is -0.0232 e. The van der Waals surface area contributed by atoms with E-state index in [0.717, 1.165) is 11.8 Å². The van der Waals surface area contributed by atoms with Crippen LogP contribution in [0.4, 0.5) is 0 Å². The Balaban J connectivity index is 4.08. The molecule has 0 heteroatoms. The number of hydrogen-bond acceptors (Lipinski definition) is 0. The first-order chi connectivity index (χ1) is 4.63. The van der Waals surface area contributed by atoms with Crippen LogP contribution in [0.15, 0.2) is 11.6 Å². The molecule has 0 amide bonds. The minimum Gasteiger partial charge on any atom is -0.0879 e. The normalized spacial score (nSPS) is 16.0. The van der Waals surface area contributed by atoms with Gasteiger partial charge in [-0.05, 0) is 25.2 Å². The second-order valence-electron chi connectivity index (χ2n) is 3.25. The molecule has 0 saturated heterocycles. The number of hydrogen-bond donors (Lipinski definition) is 0. The van der Waals surface area contributed by atoms with E-state index in [1.807, 2.05) is 0 Å². The molecule has 0 aliphatic carbocycles. The summed E-state index contributed by atoms with van der Waals surface area (Å²) in [4.78, 5) is 0. The van der Waals surface area contributed by atoms with Gasteiger partial charge in [0.25, 0.3) is 0 Å². The van der Waals surface area contributed by atoms with Crippen LogP contribution in [0, 0.1) is 11.8 Å². The van der Waals surface area contributed by atoms with Crippen molar-refractivity contribution < 1.29 is 0 Å². The smallest absolute Gasteiger partial charge is 0.0232 e. The molecule has 1 unspecified atom stereocenters. The van der Waals surface area contributed by atoms with Crippen LogP contribution >= 0.6 is 0 Å². The lowest BCUT2D eigenvalue weighted by Crippen LogP contribution is -2.03. The zero-order chi connectivity index (χ0) is 8.15. The highest BCUT2D eigenvalue weighted by atomic mass is 14.1. The van der Waals surface area contributed by atoms with Crippen molar-refractivity contribution in [3.8, 4) is 0 Å². The zero-order valence-corrected chi connectivity index (χ0v) is 7.94. The van der Waals surface area contributed by atoms with Gasteiger partial charge in [0.15, 0.2) is 0 Å². The van der Waals surface area contributed by atoms with Crippen LogP contribution in [0.1, 0.15) is 41.0 Å². The Morgan fingerprint density at radius 3 is 1.90 bits per heavy atom. The summed E-state index contributed by atoms with van der Waals surface area (Å²) in [5.41, 5.74) is 1.60. The molecular formula is C10H20. The highest BCUT2D eigenvalue weighted by molar-refractivity contribution is 5.06. The predicted molar refractivity (Wildman–Crippen MR) is 48.1 cm³/mol. The molecule has 0 spiro atoms. The second kappa shape index (κ2) is 4.54. The molecule has 0 aromatic heterocycles. The minimum absolute atomic E-state index is 0.722. The molecule has 0 aliphatic rings. The third-order valence-electron chi connectivity index (χ3n) is 2.18. The largest absolute Gasteiger partial charge is 0.0879 e. The molecule has 10 heavy (non-hydrogen) atoms.